The van der Waals surface area contributed by atoms with Crippen molar-refractivity contribution >= 4 is 35.5 Å². The summed E-state index contributed by atoms with van der Waals surface area (Å²) >= 11 is 1.31. The molecule has 2 rings (SSSR count). The van der Waals surface area contributed by atoms with Crippen molar-refractivity contribution < 1.29 is 35.1 Å². The molecule has 0 aliphatic carbocycles. The number of fused-ring (bicyclic) bond motifs is 1. The summed E-state index contributed by atoms with van der Waals surface area (Å²) in [4.78, 5) is 47.1. The molecule has 0 unspecified atom stereocenters. The lowest BCUT2D eigenvalue weighted by atomic mass is 9.96. The molecule has 0 bridgehead atoms. The summed E-state index contributed by atoms with van der Waals surface area (Å²) in [7, 11) is 0. The molecule has 10 heteroatoms. The second kappa shape index (κ2) is 6.60. The normalized spacial score (nSPS) is 28.7. The maximum atomic E-state index is 12.2. The largest absolute Gasteiger partial charge is 0.548 e. The summed E-state index contributed by atoms with van der Waals surface area (Å²) in [5, 5.41) is 24.0. The minimum absolute atomic E-state index is 0.0633. The van der Waals surface area contributed by atoms with Crippen LogP contribution in [0.1, 0.15) is 33.1 Å². The molecule has 24 heavy (non-hydrogen) atoms. The summed E-state index contributed by atoms with van der Waals surface area (Å²) in [6, 6.07) is -2.67. The number of rotatable bonds is 7. The van der Waals surface area contributed by atoms with Crippen LogP contribution in [0.3, 0.4) is 0 Å². The lowest BCUT2D eigenvalue weighted by molar-refractivity contribution is -0.438. The Morgan fingerprint density at radius 1 is 1.38 bits per heavy atom. The van der Waals surface area contributed by atoms with Crippen molar-refractivity contribution in [2.75, 3.05) is 0 Å². The van der Waals surface area contributed by atoms with Gasteiger partial charge in [0.05, 0.1) is 18.0 Å². The number of hydrogen-bond donors (Lipinski definition) is 2. The molecular weight excluding hydrogens is 338 g/mol. The second-order valence-corrected chi connectivity index (χ2v) is 8.30. The molecule has 2 aliphatic rings. The number of amides is 2. The first kappa shape index (κ1) is 18.5. The molecule has 0 aromatic carbocycles. The molecule has 2 heterocycles. The Morgan fingerprint density at radius 3 is 2.54 bits per heavy atom. The van der Waals surface area contributed by atoms with E-state index in [1.165, 1.54) is 16.7 Å². The van der Waals surface area contributed by atoms with E-state index < -0.39 is 46.1 Å². The Balaban J connectivity index is 1.87. The zero-order chi connectivity index (χ0) is 18.2. The van der Waals surface area contributed by atoms with Crippen LogP contribution in [-0.2, 0) is 19.2 Å². The van der Waals surface area contributed by atoms with Crippen LogP contribution in [0.25, 0.3) is 0 Å². The monoisotopic (exact) mass is 358 g/mol. The molecule has 9 nitrogen and oxygen atoms in total. The van der Waals surface area contributed by atoms with E-state index in [9.17, 15) is 29.4 Å². The molecular formula is C14H20N3O6S-. The van der Waals surface area contributed by atoms with Crippen molar-refractivity contribution in [3.8, 4) is 0 Å². The maximum Gasteiger partial charge on any atom is 0.249 e. The Morgan fingerprint density at radius 2 is 2.00 bits per heavy atom. The van der Waals surface area contributed by atoms with Crippen molar-refractivity contribution in [1.29, 1.82) is 0 Å². The van der Waals surface area contributed by atoms with E-state index in [0.717, 1.165) is 0 Å². The number of β-lactam (4-membered cyclic amide) rings is 1. The number of thioether (sulfide) groups is 1. The van der Waals surface area contributed by atoms with E-state index in [1.807, 2.05) is 0 Å². The highest BCUT2D eigenvalue weighted by Gasteiger charge is 2.62. The number of carboxylic acids is 2. The number of nitrogens with zero attached hydrogens (tertiary/aromatic N) is 1. The molecule has 4 N–H and O–H groups in total. The van der Waals surface area contributed by atoms with Crippen molar-refractivity contribution in [3.05, 3.63) is 0 Å². The summed E-state index contributed by atoms with van der Waals surface area (Å²) in [6.07, 6.45) is 0.579. The third-order valence-electron chi connectivity index (χ3n) is 4.27. The second-order valence-electron chi connectivity index (χ2n) is 6.53. The van der Waals surface area contributed by atoms with E-state index in [4.69, 9.17) is 0 Å². The van der Waals surface area contributed by atoms with Gasteiger partial charge in [0.1, 0.15) is 17.5 Å². The smallest absolute Gasteiger partial charge is 0.249 e. The Kier molecular flexibility index (Phi) is 5.09. The predicted molar refractivity (Wildman–Crippen MR) is 78.6 cm³/mol. The molecule has 2 aliphatic heterocycles. The minimum atomic E-state index is -1.31. The SMILES string of the molecule is CC1(C)S[C@@H]2[C@H](NC(=O)CCC[C@@H]([NH3+])C(=O)[O-])C(=O)N2[C@H]1C(=O)[O-]. The van der Waals surface area contributed by atoms with E-state index in [0.29, 0.717) is 6.42 Å². The van der Waals surface area contributed by atoms with Gasteiger partial charge in [-0.25, -0.2) is 0 Å². The van der Waals surface area contributed by atoms with Crippen LogP contribution in [0.4, 0.5) is 0 Å². The molecule has 0 radical (unpaired) electrons. The molecule has 134 valence electrons. The summed E-state index contributed by atoms with van der Waals surface area (Å²) in [5.74, 6) is -3.39. The van der Waals surface area contributed by atoms with Crippen LogP contribution in [0, 0.1) is 0 Å². The van der Waals surface area contributed by atoms with E-state index in [2.05, 4.69) is 11.1 Å². The maximum absolute atomic E-state index is 12.2. The quantitative estimate of drug-likeness (QED) is 0.437. The number of hydrogen-bond acceptors (Lipinski definition) is 7. The molecule has 0 saturated carbocycles. The van der Waals surface area contributed by atoms with E-state index in [1.54, 1.807) is 13.8 Å². The molecule has 0 aromatic rings. The van der Waals surface area contributed by atoms with Gasteiger partial charge in [0, 0.05) is 17.6 Å². The third-order valence-corrected chi connectivity index (χ3v) is 5.84. The zero-order valence-corrected chi connectivity index (χ0v) is 14.3. The van der Waals surface area contributed by atoms with Crippen molar-refractivity contribution in [2.24, 2.45) is 0 Å². The van der Waals surface area contributed by atoms with Gasteiger partial charge in [0.25, 0.3) is 0 Å². The number of nitrogens with one attached hydrogen (secondary N) is 1. The Hall–Kier alpha value is -1.81. The summed E-state index contributed by atoms with van der Waals surface area (Å²) in [6.45, 7) is 3.44. The Labute approximate surface area is 142 Å². The Bertz CT molecular complexity index is 581. The molecule has 4 atom stereocenters. The van der Waals surface area contributed by atoms with Crippen molar-refractivity contribution in [1.82, 2.24) is 10.2 Å². The predicted octanol–water partition coefficient (Wildman–Crippen LogP) is -4.19. The zero-order valence-electron chi connectivity index (χ0n) is 13.4. The van der Waals surface area contributed by atoms with Gasteiger partial charge in [-0.05, 0) is 20.3 Å². The van der Waals surface area contributed by atoms with Gasteiger partial charge in [-0.3, -0.25) is 9.59 Å². The first-order chi connectivity index (χ1) is 11.1. The third kappa shape index (κ3) is 3.34. The van der Waals surface area contributed by atoms with Crippen molar-refractivity contribution in [2.45, 2.75) is 61.4 Å². The summed E-state index contributed by atoms with van der Waals surface area (Å²) < 4.78 is -0.700. The van der Waals surface area contributed by atoms with Crippen LogP contribution < -0.4 is 21.3 Å². The van der Waals surface area contributed by atoms with Crippen LogP contribution in [0.2, 0.25) is 0 Å². The van der Waals surface area contributed by atoms with Crippen molar-refractivity contribution in [3.63, 3.8) is 0 Å². The van der Waals surface area contributed by atoms with Gasteiger partial charge in [-0.1, -0.05) is 0 Å². The fraction of sp³-hybridized carbons (Fsp3) is 0.714. The highest BCUT2D eigenvalue weighted by atomic mass is 32.2. The highest BCUT2D eigenvalue weighted by molar-refractivity contribution is 8.01. The van der Waals surface area contributed by atoms with Gasteiger partial charge >= 0.3 is 0 Å². The van der Waals surface area contributed by atoms with Gasteiger partial charge in [0.15, 0.2) is 0 Å². The molecule has 2 fully saturated rings. The average molecular weight is 358 g/mol. The van der Waals surface area contributed by atoms with E-state index >= 15 is 0 Å². The standard InChI is InChI=1S/C14H21N3O6S/c1-14(2)9(13(22)23)17-10(19)8(11(17)24-14)16-7(18)5-3-4-6(15)12(20)21/h6,8-9,11H,3-5,15H2,1-2H3,(H,16,18)(H,20,21)(H,22,23)/p-1/t6-,8-,9+,11-/m1/s1. The van der Waals surface area contributed by atoms with Crippen LogP contribution in [0.5, 0.6) is 0 Å². The van der Waals surface area contributed by atoms with Gasteiger partial charge in [-0.15, -0.1) is 11.8 Å². The lowest BCUT2D eigenvalue weighted by Crippen LogP contribution is -2.71. The number of carboxylic acid groups (broad SMARTS) is 2. The molecule has 0 spiro atoms. The number of carbonyl (C=O) groups is 4. The number of quaternary nitrogens is 1. The van der Waals surface area contributed by atoms with Crippen LogP contribution >= 0.6 is 11.8 Å². The fourth-order valence-electron chi connectivity index (χ4n) is 3.00. The van der Waals surface area contributed by atoms with Gasteiger partial charge < -0.3 is 35.8 Å². The topological polar surface area (TPSA) is 157 Å². The van der Waals surface area contributed by atoms with Crippen LogP contribution in [0.15, 0.2) is 0 Å². The summed E-state index contributed by atoms with van der Waals surface area (Å²) in [5.41, 5.74) is 3.40. The van der Waals surface area contributed by atoms with Gasteiger partial charge in [0.2, 0.25) is 11.8 Å². The fourth-order valence-corrected chi connectivity index (χ4v) is 4.62. The molecule has 2 amide bonds. The van der Waals surface area contributed by atoms with Gasteiger partial charge in [-0.2, -0.15) is 0 Å². The van der Waals surface area contributed by atoms with Crippen LogP contribution in [-0.4, -0.2) is 56.9 Å². The first-order valence-corrected chi connectivity index (χ1v) is 8.48. The number of carbonyl (C=O) groups excluding carboxylic acids is 4. The minimum Gasteiger partial charge on any atom is -0.548 e. The number of aliphatic carboxylic acids is 2. The lowest BCUT2D eigenvalue weighted by Gasteiger charge is -2.45. The highest BCUT2D eigenvalue weighted by Crippen LogP contribution is 2.50. The first-order valence-electron chi connectivity index (χ1n) is 7.60. The molecule has 0 aromatic heterocycles. The molecule has 2 saturated heterocycles. The van der Waals surface area contributed by atoms with E-state index in [-0.39, 0.29) is 18.7 Å². The average Bonchev–Trinajstić information content (AvgIpc) is 2.73.